The molecule has 5 N–H and O–H groups in total. The first-order valence-electron chi connectivity index (χ1n) is 2.42. The zero-order chi connectivity index (χ0) is 11.7. The maximum absolute atomic E-state index is 8.74. The number of aliphatic hydroxyl groups excluding tert-OH is 1. The third-order valence-corrected chi connectivity index (χ3v) is 0. The second-order valence-corrected chi connectivity index (χ2v) is 3.00. The molecule has 0 amide bonds. The Hall–Kier alpha value is -0.300. The summed E-state index contributed by atoms with van der Waals surface area (Å²) < 4.78 is 63.2. The predicted molar refractivity (Wildman–Crippen MR) is 41.1 cm³/mol. The second-order valence-electron chi connectivity index (χ2n) is 1.21. The van der Waals surface area contributed by atoms with E-state index in [9.17, 15) is 0 Å². The van der Waals surface area contributed by atoms with E-state index in [0.29, 0.717) is 0 Å². The normalized spacial score (nSPS) is 10.3. The molecule has 11 heteroatoms. The average Bonchev–Trinajstić information content (AvgIpc) is 1.52. The highest BCUT2D eigenvalue weighted by Crippen LogP contribution is 1.59. The molecule has 0 spiro atoms. The standard InChI is InChI=1S/C2H6O.2H2O4S/c1-2-3;2*1-5(2,3)4/h3H,2H2,1H3;2*(H2,1,2,3,4). The monoisotopic (exact) mass is 242 g/mol. The van der Waals surface area contributed by atoms with E-state index in [-0.39, 0.29) is 6.61 Å². The lowest BCUT2D eigenvalue weighted by molar-refractivity contribution is 0.318. The highest BCUT2D eigenvalue weighted by atomic mass is 32.3. The van der Waals surface area contributed by atoms with Gasteiger partial charge in [0.15, 0.2) is 0 Å². The summed E-state index contributed by atoms with van der Waals surface area (Å²) in [6.07, 6.45) is 0. The van der Waals surface area contributed by atoms with E-state index in [4.69, 9.17) is 40.2 Å². The van der Waals surface area contributed by atoms with Crippen molar-refractivity contribution in [1.29, 1.82) is 0 Å². The van der Waals surface area contributed by atoms with Crippen molar-refractivity contribution >= 4 is 20.8 Å². The molecule has 0 rings (SSSR count). The van der Waals surface area contributed by atoms with Crippen molar-refractivity contribution in [3.63, 3.8) is 0 Å². The fourth-order valence-electron chi connectivity index (χ4n) is 0. The van der Waals surface area contributed by atoms with Crippen molar-refractivity contribution in [1.82, 2.24) is 0 Å². The third-order valence-electron chi connectivity index (χ3n) is 0. The molecular weight excluding hydrogens is 232 g/mol. The van der Waals surface area contributed by atoms with Crippen LogP contribution in [0, 0.1) is 0 Å². The molecule has 0 fully saturated rings. The van der Waals surface area contributed by atoms with Gasteiger partial charge < -0.3 is 5.11 Å². The van der Waals surface area contributed by atoms with Crippen molar-refractivity contribution in [2.45, 2.75) is 6.92 Å². The molecule has 0 aromatic carbocycles. The Kier molecular flexibility index (Phi) is 11.8. The summed E-state index contributed by atoms with van der Waals surface area (Å²) in [6.45, 7) is 1.93. The maximum atomic E-state index is 8.74. The quantitative estimate of drug-likeness (QED) is 0.323. The molecule has 0 aliphatic heterocycles. The summed E-state index contributed by atoms with van der Waals surface area (Å²) in [5.74, 6) is 0. The summed E-state index contributed by atoms with van der Waals surface area (Å²) >= 11 is 0. The van der Waals surface area contributed by atoms with Crippen LogP contribution in [0.2, 0.25) is 0 Å². The maximum Gasteiger partial charge on any atom is 0.394 e. The van der Waals surface area contributed by atoms with E-state index in [0.717, 1.165) is 0 Å². The van der Waals surface area contributed by atoms with Crippen LogP contribution < -0.4 is 0 Å². The van der Waals surface area contributed by atoms with Crippen LogP contribution in [0.5, 0.6) is 0 Å². The number of rotatable bonds is 0. The summed E-state index contributed by atoms with van der Waals surface area (Å²) in [4.78, 5) is 0. The van der Waals surface area contributed by atoms with Gasteiger partial charge in [0.05, 0.1) is 0 Å². The average molecular weight is 242 g/mol. The van der Waals surface area contributed by atoms with Gasteiger partial charge in [-0.3, -0.25) is 18.2 Å². The molecule has 0 aliphatic carbocycles. The Labute approximate surface area is 75.2 Å². The fraction of sp³-hybridized carbons (Fsp3) is 1.00. The first-order chi connectivity index (χ1) is 5.41. The first kappa shape index (κ1) is 18.5. The van der Waals surface area contributed by atoms with Gasteiger partial charge in [0.1, 0.15) is 0 Å². The van der Waals surface area contributed by atoms with Gasteiger partial charge in [-0.15, -0.1) is 0 Å². The summed E-state index contributed by atoms with van der Waals surface area (Å²) in [5, 5.41) is 7.57. The van der Waals surface area contributed by atoms with Crippen molar-refractivity contribution in [3.05, 3.63) is 0 Å². The topological polar surface area (TPSA) is 169 Å². The van der Waals surface area contributed by atoms with Crippen LogP contribution in [0.15, 0.2) is 0 Å². The van der Waals surface area contributed by atoms with Crippen molar-refractivity contribution in [3.8, 4) is 0 Å². The molecule has 84 valence electrons. The van der Waals surface area contributed by atoms with E-state index in [1.165, 1.54) is 0 Å². The summed E-state index contributed by atoms with van der Waals surface area (Å²) in [5.41, 5.74) is 0. The molecule has 0 saturated heterocycles. The lowest BCUT2D eigenvalue weighted by Gasteiger charge is -1.68. The van der Waals surface area contributed by atoms with Crippen LogP contribution in [0.4, 0.5) is 0 Å². The lowest BCUT2D eigenvalue weighted by atomic mass is 10.9. The molecule has 0 radical (unpaired) electrons. The van der Waals surface area contributed by atoms with Gasteiger partial charge >= 0.3 is 20.8 Å². The van der Waals surface area contributed by atoms with Crippen LogP contribution in [0.1, 0.15) is 6.92 Å². The summed E-state index contributed by atoms with van der Waals surface area (Å²) in [7, 11) is -9.33. The Balaban J connectivity index is -0.000000120. The van der Waals surface area contributed by atoms with Crippen LogP contribution in [0.25, 0.3) is 0 Å². The van der Waals surface area contributed by atoms with E-state index in [2.05, 4.69) is 0 Å². The molecule has 0 aliphatic rings. The van der Waals surface area contributed by atoms with E-state index < -0.39 is 20.8 Å². The Morgan fingerprint density at radius 3 is 0.846 bits per heavy atom. The SMILES string of the molecule is CCO.O=S(=O)(O)O.O=S(=O)(O)O. The molecule has 0 atom stereocenters. The molecule has 0 unspecified atom stereocenters. The van der Waals surface area contributed by atoms with Gasteiger partial charge in [0.2, 0.25) is 0 Å². The molecule has 0 aromatic heterocycles. The minimum atomic E-state index is -4.67. The number of hydrogen-bond acceptors (Lipinski definition) is 5. The fourth-order valence-corrected chi connectivity index (χ4v) is 0. The van der Waals surface area contributed by atoms with Crippen LogP contribution in [-0.4, -0.2) is 46.8 Å². The first-order valence-corrected chi connectivity index (χ1v) is 5.21. The minimum absolute atomic E-state index is 0.250. The highest BCUT2D eigenvalue weighted by Gasteiger charge is 1.85. The van der Waals surface area contributed by atoms with Gasteiger partial charge in [-0.25, -0.2) is 0 Å². The van der Waals surface area contributed by atoms with Crippen LogP contribution in [0.3, 0.4) is 0 Å². The molecular formula is C2H10O9S2. The van der Waals surface area contributed by atoms with Gasteiger partial charge in [0, 0.05) is 6.61 Å². The molecule has 13 heavy (non-hydrogen) atoms. The zero-order valence-electron chi connectivity index (χ0n) is 6.39. The third kappa shape index (κ3) is 12200. The largest absolute Gasteiger partial charge is 0.397 e. The van der Waals surface area contributed by atoms with Crippen molar-refractivity contribution < 1.29 is 40.2 Å². The zero-order valence-corrected chi connectivity index (χ0v) is 8.03. The number of aliphatic hydroxyl groups is 1. The number of hydrogen-bond donors (Lipinski definition) is 5. The van der Waals surface area contributed by atoms with Crippen LogP contribution >= 0.6 is 0 Å². The molecule has 0 saturated carbocycles. The van der Waals surface area contributed by atoms with E-state index in [1.54, 1.807) is 6.92 Å². The van der Waals surface area contributed by atoms with Gasteiger partial charge in [-0.2, -0.15) is 16.8 Å². The van der Waals surface area contributed by atoms with E-state index in [1.807, 2.05) is 0 Å². The van der Waals surface area contributed by atoms with Gasteiger partial charge in [-0.1, -0.05) is 0 Å². The highest BCUT2D eigenvalue weighted by molar-refractivity contribution is 7.80. The molecule has 0 aromatic rings. The second kappa shape index (κ2) is 8.31. The van der Waals surface area contributed by atoms with Gasteiger partial charge in [-0.05, 0) is 6.92 Å². The predicted octanol–water partition coefficient (Wildman–Crippen LogP) is -1.31. The summed E-state index contributed by atoms with van der Waals surface area (Å²) in [6, 6.07) is 0. The van der Waals surface area contributed by atoms with E-state index >= 15 is 0 Å². The minimum Gasteiger partial charge on any atom is -0.397 e. The van der Waals surface area contributed by atoms with Crippen molar-refractivity contribution in [2.75, 3.05) is 6.61 Å². The van der Waals surface area contributed by atoms with Crippen LogP contribution in [-0.2, 0) is 20.8 Å². The smallest absolute Gasteiger partial charge is 0.394 e. The lowest BCUT2D eigenvalue weighted by Crippen LogP contribution is -1.89. The Bertz CT molecular complexity index is 225. The molecule has 0 bridgehead atoms. The molecule has 0 heterocycles. The molecule has 9 nitrogen and oxygen atoms in total. The Morgan fingerprint density at radius 1 is 0.846 bits per heavy atom. The Morgan fingerprint density at radius 2 is 0.846 bits per heavy atom. The van der Waals surface area contributed by atoms with Crippen molar-refractivity contribution in [2.24, 2.45) is 0 Å². The van der Waals surface area contributed by atoms with Gasteiger partial charge in [0.25, 0.3) is 0 Å².